The second-order valence-electron chi connectivity index (χ2n) is 9.22. The van der Waals surface area contributed by atoms with Crippen LogP contribution in [0.5, 0.6) is 0 Å². The van der Waals surface area contributed by atoms with Crippen LogP contribution in [-0.2, 0) is 20.4 Å². The van der Waals surface area contributed by atoms with Crippen molar-refractivity contribution in [2.45, 2.75) is 69.5 Å². The van der Waals surface area contributed by atoms with Crippen molar-refractivity contribution in [3.8, 4) is 0 Å². The van der Waals surface area contributed by atoms with Gasteiger partial charge < -0.3 is 9.33 Å². The first-order valence-electron chi connectivity index (χ1n) is 9.73. The first-order chi connectivity index (χ1) is 13.1. The number of carbonyl (C=O) groups is 2. The quantitative estimate of drug-likeness (QED) is 0.265. The summed E-state index contributed by atoms with van der Waals surface area (Å²) in [5, 5.41) is 3.41. The van der Waals surface area contributed by atoms with Crippen LogP contribution in [0.1, 0.15) is 26.3 Å². The summed E-state index contributed by atoms with van der Waals surface area (Å²) in [4.78, 5) is 27.4. The molecule has 154 valence electrons. The number of benzene rings is 1. The van der Waals surface area contributed by atoms with Crippen LogP contribution in [0.15, 0.2) is 30.3 Å². The Labute approximate surface area is 182 Å². The average molecular weight is 515 g/mol. The van der Waals surface area contributed by atoms with Crippen molar-refractivity contribution in [1.29, 1.82) is 0 Å². The van der Waals surface area contributed by atoms with Crippen LogP contribution in [0, 0.1) is 0 Å². The fourth-order valence-corrected chi connectivity index (χ4v) is 4.89. The third-order valence-electron chi connectivity index (χ3n) is 6.34. The van der Waals surface area contributed by atoms with Crippen LogP contribution < -0.4 is 8.85 Å². The van der Waals surface area contributed by atoms with Crippen molar-refractivity contribution in [1.82, 2.24) is 13.7 Å². The Morgan fingerprint density at radius 3 is 2.50 bits per heavy atom. The molecule has 2 aliphatic heterocycles. The van der Waals surface area contributed by atoms with Crippen molar-refractivity contribution in [3.05, 3.63) is 35.9 Å². The molecule has 0 aromatic heterocycles. The molecule has 0 unspecified atom stereocenters. The van der Waals surface area contributed by atoms with Crippen molar-refractivity contribution >= 4 is 43.0 Å². The lowest BCUT2D eigenvalue weighted by molar-refractivity contribution is -0.132. The highest BCUT2D eigenvalue weighted by atomic mass is 127. The lowest BCUT2D eigenvalue weighted by Gasteiger charge is -2.36. The summed E-state index contributed by atoms with van der Waals surface area (Å²) < 4.78 is 9.06. The molecule has 28 heavy (non-hydrogen) atoms. The summed E-state index contributed by atoms with van der Waals surface area (Å²) in [5.41, 5.74) is 1.08. The molecular formula is C20H30IN3O3Si. The van der Waals surface area contributed by atoms with E-state index < -0.39 is 20.4 Å². The first-order valence-corrected chi connectivity index (χ1v) is 13.7. The minimum absolute atomic E-state index is 0.0337. The molecule has 2 amide bonds. The number of carbonyl (C=O) groups excluding carboxylic acids is 2. The number of halogens is 1. The van der Waals surface area contributed by atoms with E-state index in [0.29, 0.717) is 13.0 Å². The van der Waals surface area contributed by atoms with Gasteiger partial charge in [-0.05, 0) is 30.1 Å². The van der Waals surface area contributed by atoms with E-state index in [1.165, 1.54) is 0 Å². The third-order valence-corrected chi connectivity index (χ3v) is 11.4. The van der Waals surface area contributed by atoms with Crippen molar-refractivity contribution < 1.29 is 14.0 Å². The van der Waals surface area contributed by atoms with Crippen LogP contribution in [0.25, 0.3) is 0 Å². The van der Waals surface area contributed by atoms with Crippen LogP contribution in [-0.4, -0.2) is 55.8 Å². The van der Waals surface area contributed by atoms with Crippen LogP contribution in [0.2, 0.25) is 18.1 Å². The Morgan fingerprint density at radius 1 is 1.29 bits per heavy atom. The molecule has 2 aliphatic rings. The molecule has 1 aromatic carbocycles. The molecule has 0 aliphatic carbocycles. The number of piperazine rings is 1. The summed E-state index contributed by atoms with van der Waals surface area (Å²) in [6.45, 7) is 11.5. The van der Waals surface area contributed by atoms with E-state index in [1.54, 1.807) is 0 Å². The molecule has 0 bridgehead atoms. The topological polar surface area (TPSA) is 70.4 Å². The standard InChI is InChI=1S/C20H30IN3O3Si/c1-20(2,3)28(4,5)27-12-15-17-16(18(25)23-21)22-14(19(26)24(15)17)11-13-9-7-6-8-10-13/h6-10,14-17,22H,11-12H2,1-5H3,(H,23,25)/t14-,15+,16+,17-,24?/m0/s1. The molecule has 2 fully saturated rings. The van der Waals surface area contributed by atoms with E-state index in [2.05, 4.69) is 42.7 Å². The zero-order valence-electron chi connectivity index (χ0n) is 17.2. The number of hydrogen-bond donors (Lipinski definition) is 2. The molecule has 2 heterocycles. The Balaban J connectivity index is 1.73. The van der Waals surface area contributed by atoms with E-state index >= 15 is 0 Å². The predicted molar refractivity (Wildman–Crippen MR) is 121 cm³/mol. The molecular weight excluding hydrogens is 485 g/mol. The fraction of sp³-hybridized carbons (Fsp3) is 0.600. The predicted octanol–water partition coefficient (Wildman–Crippen LogP) is 2.64. The normalized spacial score (nSPS) is 27.4. The second kappa shape index (κ2) is 8.04. The van der Waals surface area contributed by atoms with Gasteiger partial charge in [0.15, 0.2) is 8.32 Å². The first kappa shape index (κ1) is 21.7. The van der Waals surface area contributed by atoms with Gasteiger partial charge in [0, 0.05) is 0 Å². The minimum atomic E-state index is -1.91. The molecule has 3 rings (SSSR count). The second-order valence-corrected chi connectivity index (χ2v) is 14.6. The molecule has 8 heteroatoms. The number of rotatable bonds is 6. The van der Waals surface area contributed by atoms with E-state index in [0.717, 1.165) is 5.56 Å². The van der Waals surface area contributed by atoms with Crippen molar-refractivity contribution in [3.63, 3.8) is 0 Å². The van der Waals surface area contributed by atoms with Gasteiger partial charge in [0.2, 0.25) is 11.8 Å². The Bertz CT molecular complexity index is 738. The number of nitrogens with zero attached hydrogens (tertiary/aromatic N) is 1. The minimum Gasteiger partial charge on any atom is -0.415 e. The van der Waals surface area contributed by atoms with Gasteiger partial charge >= 0.3 is 0 Å². The highest BCUT2D eigenvalue weighted by molar-refractivity contribution is 14.1. The zero-order chi connectivity index (χ0) is 20.7. The van der Waals surface area contributed by atoms with E-state index in [1.807, 2.05) is 58.1 Å². The summed E-state index contributed by atoms with van der Waals surface area (Å²) in [6.07, 6.45) is 0.573. The molecule has 1 aromatic rings. The largest absolute Gasteiger partial charge is 0.415 e. The number of fused-ring (bicyclic) bond motifs is 1. The number of nitrogens with one attached hydrogen (secondary N) is 2. The van der Waals surface area contributed by atoms with Crippen molar-refractivity contribution in [2.24, 2.45) is 0 Å². The van der Waals surface area contributed by atoms with E-state index in [9.17, 15) is 9.59 Å². The molecule has 2 N–H and O–H groups in total. The van der Waals surface area contributed by atoms with Gasteiger partial charge in [0.05, 0.1) is 47.6 Å². The summed E-state index contributed by atoms with van der Waals surface area (Å²) >= 11 is 1.86. The Hall–Kier alpha value is -0.973. The monoisotopic (exact) mass is 515 g/mol. The van der Waals surface area contributed by atoms with Crippen LogP contribution >= 0.6 is 22.9 Å². The van der Waals surface area contributed by atoms with E-state index in [-0.39, 0.29) is 28.9 Å². The Kier molecular flexibility index (Phi) is 6.24. The smallest absolute Gasteiger partial charge is 0.247 e. The zero-order valence-corrected chi connectivity index (χ0v) is 20.3. The maximum absolute atomic E-state index is 13.0. The molecule has 0 radical (unpaired) electrons. The van der Waals surface area contributed by atoms with E-state index in [4.69, 9.17) is 4.43 Å². The van der Waals surface area contributed by atoms with Gasteiger partial charge in [-0.25, -0.2) is 0 Å². The maximum atomic E-state index is 13.0. The molecule has 2 saturated heterocycles. The van der Waals surface area contributed by atoms with Gasteiger partial charge in [-0.2, -0.15) is 0 Å². The fourth-order valence-electron chi connectivity index (χ4n) is 3.53. The lowest BCUT2D eigenvalue weighted by atomic mass is 10.0. The van der Waals surface area contributed by atoms with Gasteiger partial charge in [-0.1, -0.05) is 51.1 Å². The molecule has 0 saturated carbocycles. The van der Waals surface area contributed by atoms with Crippen LogP contribution in [0.4, 0.5) is 0 Å². The number of hydrogen-bond acceptors (Lipinski definition) is 4. The van der Waals surface area contributed by atoms with Gasteiger partial charge in [-0.15, -0.1) is 0 Å². The summed E-state index contributed by atoms with van der Waals surface area (Å²) in [7, 11) is -1.91. The molecule has 6 nitrogen and oxygen atoms in total. The molecule has 4 atom stereocenters. The Morgan fingerprint density at radius 2 is 1.93 bits per heavy atom. The average Bonchev–Trinajstić information content (AvgIpc) is 3.36. The highest BCUT2D eigenvalue weighted by Gasteiger charge is 2.62. The highest BCUT2D eigenvalue weighted by Crippen LogP contribution is 2.40. The lowest BCUT2D eigenvalue weighted by Crippen LogP contribution is -2.59. The van der Waals surface area contributed by atoms with Gasteiger partial charge in [-0.3, -0.25) is 18.4 Å². The van der Waals surface area contributed by atoms with Gasteiger partial charge in [0.1, 0.15) is 6.04 Å². The third kappa shape index (κ3) is 4.29. The maximum Gasteiger partial charge on any atom is 0.247 e. The summed E-state index contributed by atoms with van der Waals surface area (Å²) in [5.74, 6) is -0.0221. The molecule has 0 spiro atoms. The van der Waals surface area contributed by atoms with Gasteiger partial charge in [0.25, 0.3) is 0 Å². The number of amides is 2. The SMILES string of the molecule is CC(C)(C)[Si](C)(C)OC[C@@H]1[C@H]2[C@H](C(=O)NI)N[C@@H](Cc3ccccc3)C(=O)N21. The van der Waals surface area contributed by atoms with Crippen molar-refractivity contribution in [2.75, 3.05) is 6.61 Å². The summed E-state index contributed by atoms with van der Waals surface area (Å²) in [6, 6.07) is 8.95. The van der Waals surface area contributed by atoms with Crippen LogP contribution in [0.3, 0.4) is 0 Å².